The molecule has 0 radical (unpaired) electrons. The van der Waals surface area contributed by atoms with Gasteiger partial charge in [0.05, 0.1) is 7.11 Å². The third kappa shape index (κ3) is 5.99. The van der Waals surface area contributed by atoms with Gasteiger partial charge in [-0.3, -0.25) is 4.79 Å². The Hall–Kier alpha value is -1.60. The van der Waals surface area contributed by atoms with Gasteiger partial charge in [0.15, 0.2) is 0 Å². The molecule has 0 spiro atoms. The Balaban J connectivity index is 2.09. The summed E-state index contributed by atoms with van der Waals surface area (Å²) in [6.45, 7) is 6.32. The van der Waals surface area contributed by atoms with Crippen LogP contribution in [0.25, 0.3) is 0 Å². The van der Waals surface area contributed by atoms with E-state index in [4.69, 9.17) is 4.74 Å². The zero-order chi connectivity index (χ0) is 19.3. The number of benzene rings is 1. The smallest absolute Gasteiger partial charge is 0.251 e. The van der Waals surface area contributed by atoms with Gasteiger partial charge in [0.2, 0.25) is 10.0 Å². The molecule has 0 saturated heterocycles. The fourth-order valence-electron chi connectivity index (χ4n) is 2.72. The number of rotatable bonds is 10. The van der Waals surface area contributed by atoms with Crippen LogP contribution in [0.3, 0.4) is 0 Å². The molecule has 1 unspecified atom stereocenters. The van der Waals surface area contributed by atoms with Crippen molar-refractivity contribution in [1.82, 2.24) is 10.0 Å². The summed E-state index contributed by atoms with van der Waals surface area (Å²) in [7, 11) is -2.28. The van der Waals surface area contributed by atoms with Gasteiger partial charge in [0.25, 0.3) is 5.91 Å². The molecule has 146 valence electrons. The number of methoxy groups -OCH3 is 1. The largest absolute Gasteiger partial charge is 0.495 e. The van der Waals surface area contributed by atoms with E-state index in [0.717, 1.165) is 32.1 Å². The van der Waals surface area contributed by atoms with E-state index < -0.39 is 10.0 Å². The van der Waals surface area contributed by atoms with Crippen molar-refractivity contribution in [2.45, 2.75) is 69.9 Å². The SMILES string of the molecule is COc1ccc(C(=O)NC(C)CCCC(C)C)cc1S(=O)(=O)NC1CC1. The second-order valence-corrected chi connectivity index (χ2v) is 9.14. The minimum absolute atomic E-state index is 0.00649. The van der Waals surface area contributed by atoms with Crippen molar-refractivity contribution in [1.29, 1.82) is 0 Å². The summed E-state index contributed by atoms with van der Waals surface area (Å²) < 4.78 is 32.9. The van der Waals surface area contributed by atoms with Crippen molar-refractivity contribution in [2.75, 3.05) is 7.11 Å². The number of hydrogen-bond donors (Lipinski definition) is 2. The highest BCUT2D eigenvalue weighted by Gasteiger charge is 2.30. The van der Waals surface area contributed by atoms with E-state index in [1.165, 1.54) is 19.2 Å². The van der Waals surface area contributed by atoms with E-state index in [1.54, 1.807) is 6.07 Å². The van der Waals surface area contributed by atoms with Crippen molar-refractivity contribution in [2.24, 2.45) is 5.92 Å². The topological polar surface area (TPSA) is 84.5 Å². The molecule has 26 heavy (non-hydrogen) atoms. The average Bonchev–Trinajstić information content (AvgIpc) is 3.37. The molecule has 1 fully saturated rings. The lowest BCUT2D eigenvalue weighted by molar-refractivity contribution is 0.0937. The first-order valence-electron chi connectivity index (χ1n) is 9.24. The number of hydrogen-bond acceptors (Lipinski definition) is 4. The van der Waals surface area contributed by atoms with Gasteiger partial charge in [-0.1, -0.05) is 26.7 Å². The molecule has 2 N–H and O–H groups in total. The molecular weight excluding hydrogens is 352 g/mol. The Morgan fingerprint density at radius 1 is 1.23 bits per heavy atom. The zero-order valence-electron chi connectivity index (χ0n) is 16.0. The summed E-state index contributed by atoms with van der Waals surface area (Å²) in [4.78, 5) is 12.5. The molecule has 1 amide bonds. The van der Waals surface area contributed by atoms with Gasteiger partial charge in [-0.25, -0.2) is 13.1 Å². The van der Waals surface area contributed by atoms with E-state index in [2.05, 4.69) is 23.9 Å². The molecule has 6 nitrogen and oxygen atoms in total. The fraction of sp³-hybridized carbons (Fsp3) is 0.632. The van der Waals surface area contributed by atoms with Crippen LogP contribution in [0.2, 0.25) is 0 Å². The lowest BCUT2D eigenvalue weighted by Crippen LogP contribution is -2.33. The first kappa shape index (κ1) is 20.7. The molecule has 7 heteroatoms. The predicted molar refractivity (Wildman–Crippen MR) is 102 cm³/mol. The Bertz CT molecular complexity index is 727. The van der Waals surface area contributed by atoms with Gasteiger partial charge in [-0.05, 0) is 50.3 Å². The second kappa shape index (κ2) is 8.86. The third-order valence-electron chi connectivity index (χ3n) is 4.41. The van der Waals surface area contributed by atoms with E-state index in [9.17, 15) is 13.2 Å². The summed E-state index contributed by atoms with van der Waals surface area (Å²) in [6.07, 6.45) is 4.75. The van der Waals surface area contributed by atoms with Crippen LogP contribution in [0, 0.1) is 5.92 Å². The summed E-state index contributed by atoms with van der Waals surface area (Å²) in [5.41, 5.74) is 0.317. The van der Waals surface area contributed by atoms with Crippen molar-refractivity contribution in [3.8, 4) is 5.75 Å². The number of carbonyl (C=O) groups is 1. The maximum atomic E-state index is 12.5. The van der Waals surface area contributed by atoms with Gasteiger partial charge in [-0.15, -0.1) is 0 Å². The molecule has 1 saturated carbocycles. The monoisotopic (exact) mass is 382 g/mol. The summed E-state index contributed by atoms with van der Waals surface area (Å²) in [6, 6.07) is 4.53. The molecule has 1 aromatic carbocycles. The molecule has 1 aliphatic carbocycles. The van der Waals surface area contributed by atoms with Crippen molar-refractivity contribution >= 4 is 15.9 Å². The van der Waals surface area contributed by atoms with Crippen LogP contribution < -0.4 is 14.8 Å². The maximum Gasteiger partial charge on any atom is 0.251 e. The lowest BCUT2D eigenvalue weighted by Gasteiger charge is -2.16. The molecule has 0 bridgehead atoms. The minimum atomic E-state index is -3.70. The average molecular weight is 383 g/mol. The lowest BCUT2D eigenvalue weighted by atomic mass is 10.0. The summed E-state index contributed by atoms with van der Waals surface area (Å²) in [5.74, 6) is 0.610. The minimum Gasteiger partial charge on any atom is -0.495 e. The van der Waals surface area contributed by atoms with Crippen molar-refractivity contribution in [3.05, 3.63) is 23.8 Å². The Morgan fingerprint density at radius 2 is 1.92 bits per heavy atom. The third-order valence-corrected chi connectivity index (χ3v) is 5.95. The molecule has 2 rings (SSSR count). The number of ether oxygens (including phenoxy) is 1. The molecule has 0 aromatic heterocycles. The van der Waals surface area contributed by atoms with Crippen LogP contribution in [-0.2, 0) is 10.0 Å². The highest BCUT2D eigenvalue weighted by Crippen LogP contribution is 2.28. The molecule has 1 aromatic rings. The first-order chi connectivity index (χ1) is 12.2. The number of nitrogens with one attached hydrogen (secondary N) is 2. The number of amides is 1. The van der Waals surface area contributed by atoms with E-state index >= 15 is 0 Å². The second-order valence-electron chi connectivity index (χ2n) is 7.46. The molecule has 0 aliphatic heterocycles. The normalized spacial score (nSPS) is 15.7. The molecule has 1 aliphatic rings. The van der Waals surface area contributed by atoms with Crippen molar-refractivity contribution < 1.29 is 17.9 Å². The molecular formula is C19H30N2O4S. The van der Waals surface area contributed by atoms with E-state index in [-0.39, 0.29) is 28.6 Å². The van der Waals surface area contributed by atoms with Crippen LogP contribution in [0.5, 0.6) is 5.75 Å². The zero-order valence-corrected chi connectivity index (χ0v) is 16.9. The summed E-state index contributed by atoms with van der Waals surface area (Å²) >= 11 is 0. The van der Waals surface area contributed by atoms with Gasteiger partial charge in [0.1, 0.15) is 10.6 Å². The van der Waals surface area contributed by atoms with Crippen LogP contribution >= 0.6 is 0 Å². The standard InChI is InChI=1S/C19H30N2O4S/c1-13(2)6-5-7-14(3)20-19(22)15-8-11-17(25-4)18(12-15)26(23,24)21-16-9-10-16/h8,11-14,16,21H,5-7,9-10H2,1-4H3,(H,20,22). The van der Waals surface area contributed by atoms with Crippen LogP contribution in [0.15, 0.2) is 23.1 Å². The highest BCUT2D eigenvalue weighted by molar-refractivity contribution is 7.89. The van der Waals surface area contributed by atoms with Gasteiger partial charge in [-0.2, -0.15) is 0 Å². The Labute approximate surface area is 156 Å². The van der Waals surface area contributed by atoms with Gasteiger partial charge >= 0.3 is 0 Å². The van der Waals surface area contributed by atoms with Crippen LogP contribution in [-0.4, -0.2) is 33.5 Å². The van der Waals surface area contributed by atoms with Crippen LogP contribution in [0.4, 0.5) is 0 Å². The van der Waals surface area contributed by atoms with Crippen LogP contribution in [0.1, 0.15) is 63.2 Å². The van der Waals surface area contributed by atoms with Gasteiger partial charge in [0, 0.05) is 17.6 Å². The van der Waals surface area contributed by atoms with E-state index in [1.807, 2.05) is 6.92 Å². The van der Waals surface area contributed by atoms with E-state index in [0.29, 0.717) is 11.5 Å². The summed E-state index contributed by atoms with van der Waals surface area (Å²) in [5, 5.41) is 2.94. The molecule has 1 atom stereocenters. The number of carbonyl (C=O) groups excluding carboxylic acids is 1. The maximum absolute atomic E-state index is 12.5. The fourth-order valence-corrected chi connectivity index (χ4v) is 4.22. The number of sulfonamides is 1. The highest BCUT2D eigenvalue weighted by atomic mass is 32.2. The Morgan fingerprint density at radius 3 is 2.50 bits per heavy atom. The predicted octanol–water partition coefficient (Wildman–Crippen LogP) is 3.08. The first-order valence-corrected chi connectivity index (χ1v) is 10.7. The van der Waals surface area contributed by atoms with Crippen molar-refractivity contribution in [3.63, 3.8) is 0 Å². The molecule has 0 heterocycles. The van der Waals surface area contributed by atoms with Gasteiger partial charge < -0.3 is 10.1 Å². The Kier molecular flexibility index (Phi) is 7.06. The quantitative estimate of drug-likeness (QED) is 0.651.